The SMILES string of the molecule is CCn1c(-c2cc(N3CCN4CCCC[C@@H]4C3)cnc2[C@H](C)OC)c(CC(C)(C)COC(=O)C2CCCNN2)c2cc(C3=CCCN(C[C@@H](C=O)NC(=O)OC(C)(C)C)C3)ccc21. The molecule has 3 saturated heterocycles. The fourth-order valence-electron chi connectivity index (χ4n) is 9.86. The Hall–Kier alpha value is -4.34. The van der Waals surface area contributed by atoms with Crippen molar-refractivity contribution >= 4 is 40.5 Å². The highest BCUT2D eigenvalue weighted by Gasteiger charge is 2.33. The van der Waals surface area contributed by atoms with E-state index in [1.54, 1.807) is 27.9 Å². The molecule has 0 spiro atoms. The Morgan fingerprint density at radius 3 is 2.60 bits per heavy atom. The number of pyridine rings is 1. The molecule has 7 rings (SSSR count). The van der Waals surface area contributed by atoms with E-state index in [-0.39, 0.29) is 24.7 Å². The molecule has 4 aliphatic heterocycles. The second-order valence-electron chi connectivity index (χ2n) is 19.8. The fourth-order valence-corrected chi connectivity index (χ4v) is 9.86. The zero-order chi connectivity index (χ0) is 44.9. The molecule has 1 unspecified atom stereocenters. The second kappa shape index (κ2) is 20.2. The number of amides is 1. The maximum absolute atomic E-state index is 13.3. The van der Waals surface area contributed by atoms with E-state index >= 15 is 0 Å². The fraction of sp³-hybridized carbons (Fsp3) is 0.633. The largest absolute Gasteiger partial charge is 0.464 e. The van der Waals surface area contributed by atoms with Gasteiger partial charge in [0.15, 0.2) is 0 Å². The molecule has 0 radical (unpaired) electrons. The van der Waals surface area contributed by atoms with Gasteiger partial charge in [-0.3, -0.25) is 25.0 Å². The number of hydrazine groups is 1. The van der Waals surface area contributed by atoms with Gasteiger partial charge in [0.2, 0.25) is 0 Å². The lowest BCUT2D eigenvalue weighted by Crippen LogP contribution is -2.54. The predicted molar refractivity (Wildman–Crippen MR) is 249 cm³/mol. The van der Waals surface area contributed by atoms with Gasteiger partial charge in [-0.2, -0.15) is 0 Å². The van der Waals surface area contributed by atoms with Crippen molar-refractivity contribution in [2.45, 2.75) is 130 Å². The Morgan fingerprint density at radius 2 is 1.87 bits per heavy atom. The number of aromatic nitrogens is 2. The van der Waals surface area contributed by atoms with Crippen molar-refractivity contribution in [2.75, 3.05) is 71.0 Å². The molecule has 14 nitrogen and oxygen atoms in total. The number of aldehydes is 1. The average Bonchev–Trinajstić information content (AvgIpc) is 3.58. The normalized spacial score (nSPS) is 21.3. The zero-order valence-corrected chi connectivity index (χ0v) is 39.1. The van der Waals surface area contributed by atoms with E-state index in [0.717, 1.165) is 104 Å². The van der Waals surface area contributed by atoms with Crippen LogP contribution < -0.4 is 21.1 Å². The highest BCUT2D eigenvalue weighted by Crippen LogP contribution is 2.43. The van der Waals surface area contributed by atoms with Gasteiger partial charge in [0, 0.05) is 87.4 Å². The van der Waals surface area contributed by atoms with Crippen LogP contribution >= 0.6 is 0 Å². The highest BCUT2D eigenvalue weighted by molar-refractivity contribution is 5.95. The van der Waals surface area contributed by atoms with Gasteiger partial charge in [-0.1, -0.05) is 32.4 Å². The van der Waals surface area contributed by atoms with Crippen LogP contribution in [0.25, 0.3) is 27.7 Å². The molecule has 2 aromatic heterocycles. The number of aryl methyl sites for hydroxylation is 1. The third kappa shape index (κ3) is 11.3. The molecule has 6 heterocycles. The van der Waals surface area contributed by atoms with E-state index in [0.29, 0.717) is 25.6 Å². The summed E-state index contributed by atoms with van der Waals surface area (Å²) >= 11 is 0. The van der Waals surface area contributed by atoms with E-state index < -0.39 is 23.2 Å². The molecular formula is C49H72N8O6. The van der Waals surface area contributed by atoms with Crippen molar-refractivity contribution in [2.24, 2.45) is 5.41 Å². The number of nitrogens with one attached hydrogen (secondary N) is 3. The molecule has 4 atom stereocenters. The van der Waals surface area contributed by atoms with Crippen LogP contribution in [-0.2, 0) is 36.8 Å². The summed E-state index contributed by atoms with van der Waals surface area (Å²) in [6.07, 6.45) is 11.2. The molecule has 14 heteroatoms. The summed E-state index contributed by atoms with van der Waals surface area (Å²) < 4.78 is 20.0. The average molecular weight is 869 g/mol. The third-order valence-electron chi connectivity index (χ3n) is 13.1. The quantitative estimate of drug-likeness (QED) is 0.111. The van der Waals surface area contributed by atoms with Gasteiger partial charge in [0.1, 0.15) is 24.0 Å². The number of ether oxygens (including phenoxy) is 3. The van der Waals surface area contributed by atoms with E-state index in [1.807, 2.05) is 6.20 Å². The first-order valence-electron chi connectivity index (χ1n) is 23.4. The standard InChI is InChI=1S/C49H72N8O6/c1-9-57-43-18-17-34(35-14-13-20-54(28-35)29-36(31-58)52-47(60)63-48(3,4)5)24-39(43)41(26-49(6,7)32-62-46(59)42-16-12-19-51-53-42)45(57)40-25-38(27-50-44(40)33(2)61-8)56-23-22-55-21-11-10-15-37(55)30-56/h14,17-18,24-25,27,31,33,36-37,42,51,53H,9-13,15-16,19-23,26,28-30,32H2,1-8H3,(H,52,60)/t33-,36-,37+,42?/m0/s1. The van der Waals surface area contributed by atoms with Crippen LogP contribution in [0.1, 0.15) is 110 Å². The molecule has 3 N–H and O–H groups in total. The molecule has 3 aromatic rings. The summed E-state index contributed by atoms with van der Waals surface area (Å²) in [6, 6.07) is 8.63. The van der Waals surface area contributed by atoms with Gasteiger partial charge in [0.25, 0.3) is 0 Å². The topological polar surface area (TPSA) is 143 Å². The molecule has 0 saturated carbocycles. The number of fused-ring (bicyclic) bond motifs is 2. The lowest BCUT2D eigenvalue weighted by atomic mass is 9.84. The van der Waals surface area contributed by atoms with Gasteiger partial charge >= 0.3 is 12.1 Å². The molecule has 4 aliphatic rings. The third-order valence-corrected chi connectivity index (χ3v) is 13.1. The molecule has 0 bridgehead atoms. The minimum atomic E-state index is -0.699. The van der Waals surface area contributed by atoms with Crippen molar-refractivity contribution in [3.05, 3.63) is 53.4 Å². The molecule has 0 aliphatic carbocycles. The van der Waals surface area contributed by atoms with Crippen LogP contribution in [0, 0.1) is 5.41 Å². The number of alkyl carbamates (subject to hydrolysis) is 1. The molecule has 1 amide bonds. The van der Waals surface area contributed by atoms with Crippen LogP contribution in [0.15, 0.2) is 36.5 Å². The first-order valence-corrected chi connectivity index (χ1v) is 23.4. The van der Waals surface area contributed by atoms with Crippen molar-refractivity contribution in [3.63, 3.8) is 0 Å². The number of esters is 1. The first-order chi connectivity index (χ1) is 30.2. The predicted octanol–water partition coefficient (Wildman–Crippen LogP) is 6.65. The van der Waals surface area contributed by atoms with Crippen LogP contribution in [-0.4, -0.2) is 128 Å². The highest BCUT2D eigenvalue weighted by atomic mass is 16.6. The smallest absolute Gasteiger partial charge is 0.408 e. The van der Waals surface area contributed by atoms with Crippen molar-refractivity contribution in [1.82, 2.24) is 35.5 Å². The number of hydrogen-bond donors (Lipinski definition) is 3. The van der Waals surface area contributed by atoms with E-state index in [2.05, 4.69) is 93.5 Å². The molecule has 63 heavy (non-hydrogen) atoms. The lowest BCUT2D eigenvalue weighted by Gasteiger charge is -2.45. The number of methoxy groups -OCH3 is 1. The van der Waals surface area contributed by atoms with E-state index in [9.17, 15) is 14.4 Å². The number of benzene rings is 1. The number of piperidine rings is 1. The summed E-state index contributed by atoms with van der Waals surface area (Å²) in [4.78, 5) is 50.7. The lowest BCUT2D eigenvalue weighted by molar-refractivity contribution is -0.150. The Bertz CT molecular complexity index is 2120. The number of nitrogens with zero attached hydrogens (tertiary/aromatic N) is 5. The van der Waals surface area contributed by atoms with Gasteiger partial charge < -0.3 is 33.8 Å². The Kier molecular flexibility index (Phi) is 15.0. The minimum Gasteiger partial charge on any atom is -0.464 e. The second-order valence-corrected chi connectivity index (χ2v) is 19.8. The van der Waals surface area contributed by atoms with Crippen molar-refractivity contribution < 1.29 is 28.6 Å². The summed E-state index contributed by atoms with van der Waals surface area (Å²) in [5.41, 5.74) is 13.9. The minimum absolute atomic E-state index is 0.230. The maximum atomic E-state index is 13.3. The van der Waals surface area contributed by atoms with Crippen LogP contribution in [0.5, 0.6) is 0 Å². The summed E-state index contributed by atoms with van der Waals surface area (Å²) in [7, 11) is 1.75. The number of rotatable bonds is 15. The van der Waals surface area contributed by atoms with Gasteiger partial charge in [-0.15, -0.1) is 0 Å². The number of anilines is 1. The van der Waals surface area contributed by atoms with Crippen LogP contribution in [0.4, 0.5) is 10.5 Å². The summed E-state index contributed by atoms with van der Waals surface area (Å²) in [5, 5.41) is 3.90. The van der Waals surface area contributed by atoms with Gasteiger partial charge in [0.05, 0.1) is 36.0 Å². The number of carbonyl (C=O) groups excluding carboxylic acids is 3. The van der Waals surface area contributed by atoms with Crippen molar-refractivity contribution in [1.29, 1.82) is 0 Å². The van der Waals surface area contributed by atoms with E-state index in [1.165, 1.54) is 36.9 Å². The van der Waals surface area contributed by atoms with E-state index in [4.69, 9.17) is 19.2 Å². The van der Waals surface area contributed by atoms with Crippen LogP contribution in [0.2, 0.25) is 0 Å². The van der Waals surface area contributed by atoms with Crippen LogP contribution in [0.3, 0.4) is 0 Å². The molecule has 3 fully saturated rings. The Labute approximate surface area is 374 Å². The summed E-state index contributed by atoms with van der Waals surface area (Å²) in [6.45, 7) is 21.9. The monoisotopic (exact) mass is 869 g/mol. The van der Waals surface area contributed by atoms with Gasteiger partial charge in [-0.25, -0.2) is 10.2 Å². The maximum Gasteiger partial charge on any atom is 0.408 e. The van der Waals surface area contributed by atoms with Gasteiger partial charge in [-0.05, 0) is 115 Å². The Balaban J connectivity index is 1.27. The molecular weight excluding hydrogens is 797 g/mol. The van der Waals surface area contributed by atoms with Crippen molar-refractivity contribution in [3.8, 4) is 11.3 Å². The summed E-state index contributed by atoms with van der Waals surface area (Å²) in [5.74, 6) is -0.230. The number of carbonyl (C=O) groups is 3. The number of piperazine rings is 1. The molecule has 344 valence electrons. The Morgan fingerprint density at radius 1 is 1.05 bits per heavy atom. The zero-order valence-electron chi connectivity index (χ0n) is 39.1. The first kappa shape index (κ1) is 46.6. The molecule has 1 aromatic carbocycles. The number of hydrogen-bond acceptors (Lipinski definition) is 12.